The lowest BCUT2D eigenvalue weighted by atomic mass is 10.1. The molecule has 0 unspecified atom stereocenters. The molecule has 0 spiro atoms. The van der Waals surface area contributed by atoms with Gasteiger partial charge in [0, 0.05) is 18.7 Å². The van der Waals surface area contributed by atoms with Gasteiger partial charge in [-0.1, -0.05) is 17.7 Å². The number of nitrogens with one attached hydrogen (secondary N) is 1. The molecule has 0 saturated heterocycles. The summed E-state index contributed by atoms with van der Waals surface area (Å²) < 4.78 is 39.7. The molecule has 1 aromatic carbocycles. The van der Waals surface area contributed by atoms with Crippen LogP contribution in [-0.2, 0) is 12.7 Å². The predicted molar refractivity (Wildman–Crippen MR) is 85.1 cm³/mol. The third-order valence-electron chi connectivity index (χ3n) is 3.58. The van der Waals surface area contributed by atoms with E-state index in [1.807, 2.05) is 6.92 Å². The van der Waals surface area contributed by atoms with Crippen molar-refractivity contribution in [2.24, 2.45) is 0 Å². The van der Waals surface area contributed by atoms with Crippen LogP contribution >= 0.6 is 11.6 Å². The number of aromatic nitrogens is 2. The Morgan fingerprint density at radius 2 is 2.04 bits per heavy atom. The van der Waals surface area contributed by atoms with Gasteiger partial charge in [0.05, 0.1) is 22.0 Å². The summed E-state index contributed by atoms with van der Waals surface area (Å²) >= 11 is 6.05. The van der Waals surface area contributed by atoms with Gasteiger partial charge < -0.3 is 5.32 Å². The van der Waals surface area contributed by atoms with Crippen molar-refractivity contribution >= 4 is 17.5 Å². The van der Waals surface area contributed by atoms with E-state index in [1.165, 1.54) is 12.1 Å². The highest BCUT2D eigenvalue weighted by Gasteiger charge is 2.30. The normalized spacial score (nSPS) is 11.6. The number of benzene rings is 1. The smallest absolute Gasteiger partial charge is 0.352 e. The van der Waals surface area contributed by atoms with Crippen LogP contribution in [0.25, 0.3) is 0 Å². The highest BCUT2D eigenvalue weighted by molar-refractivity contribution is 6.31. The number of hydrogen-bond acceptors (Lipinski definition) is 2. The van der Waals surface area contributed by atoms with Gasteiger partial charge >= 0.3 is 6.18 Å². The number of carbonyl (C=O) groups is 1. The quantitative estimate of drug-likeness (QED) is 0.820. The van der Waals surface area contributed by atoms with Crippen molar-refractivity contribution in [2.45, 2.75) is 33.0 Å². The van der Waals surface area contributed by atoms with Crippen LogP contribution in [0.5, 0.6) is 0 Å². The minimum absolute atomic E-state index is 0.0148. The van der Waals surface area contributed by atoms with Crippen LogP contribution in [0.15, 0.2) is 24.3 Å². The van der Waals surface area contributed by atoms with Gasteiger partial charge in [-0.15, -0.1) is 0 Å². The van der Waals surface area contributed by atoms with E-state index in [0.717, 1.165) is 23.5 Å². The molecule has 0 aliphatic rings. The van der Waals surface area contributed by atoms with Crippen molar-refractivity contribution in [3.8, 4) is 0 Å². The Hall–Kier alpha value is -2.02. The fourth-order valence-corrected chi connectivity index (χ4v) is 2.40. The second kappa shape index (κ2) is 7.25. The number of aryl methyl sites for hydroxylation is 2. The first-order chi connectivity index (χ1) is 11.2. The molecule has 0 atom stereocenters. The highest BCUT2D eigenvalue weighted by atomic mass is 35.5. The van der Waals surface area contributed by atoms with Gasteiger partial charge in [0.1, 0.15) is 0 Å². The van der Waals surface area contributed by atoms with Gasteiger partial charge in [-0.3, -0.25) is 9.48 Å². The summed E-state index contributed by atoms with van der Waals surface area (Å²) in [5, 5.41) is 7.49. The fourth-order valence-electron chi connectivity index (χ4n) is 2.26. The molecule has 2 aromatic rings. The van der Waals surface area contributed by atoms with Gasteiger partial charge in [0.25, 0.3) is 5.91 Å². The Morgan fingerprint density at radius 3 is 2.62 bits per heavy atom. The second-order valence-electron chi connectivity index (χ2n) is 5.40. The monoisotopic (exact) mass is 359 g/mol. The number of halogens is 4. The molecule has 1 N–H and O–H groups in total. The van der Waals surface area contributed by atoms with E-state index in [4.69, 9.17) is 11.6 Å². The van der Waals surface area contributed by atoms with Crippen LogP contribution in [0, 0.1) is 13.8 Å². The molecule has 1 heterocycles. The molecular formula is C16H17ClF3N3O. The maximum atomic E-state index is 12.6. The standard InChI is InChI=1S/C16H17ClF3N3O/c1-10-14(17)11(2)23(22-10)8-4-7-21-15(24)12-5-3-6-13(9-12)16(18,19)20/h3,5-6,9H,4,7-8H2,1-2H3,(H,21,24). The number of carbonyl (C=O) groups excluding carboxylic acids is 1. The first-order valence-corrected chi connectivity index (χ1v) is 7.73. The Balaban J connectivity index is 1.88. The van der Waals surface area contributed by atoms with Gasteiger partial charge in [0.15, 0.2) is 0 Å². The average molecular weight is 360 g/mol. The summed E-state index contributed by atoms with van der Waals surface area (Å²) in [6, 6.07) is 4.35. The SMILES string of the molecule is Cc1nn(CCCNC(=O)c2cccc(C(F)(F)F)c2)c(C)c1Cl. The van der Waals surface area contributed by atoms with Crippen LogP contribution in [0.4, 0.5) is 13.2 Å². The molecule has 1 amide bonds. The summed E-state index contributed by atoms with van der Waals surface area (Å²) in [7, 11) is 0. The Kier molecular flexibility index (Phi) is 5.54. The number of hydrogen-bond donors (Lipinski definition) is 1. The van der Waals surface area contributed by atoms with Crippen molar-refractivity contribution in [2.75, 3.05) is 6.54 Å². The highest BCUT2D eigenvalue weighted by Crippen LogP contribution is 2.29. The van der Waals surface area contributed by atoms with Crippen molar-refractivity contribution < 1.29 is 18.0 Å². The van der Waals surface area contributed by atoms with Crippen molar-refractivity contribution in [1.82, 2.24) is 15.1 Å². The van der Waals surface area contributed by atoms with Crippen LogP contribution < -0.4 is 5.32 Å². The molecule has 0 bridgehead atoms. The first-order valence-electron chi connectivity index (χ1n) is 7.35. The van der Waals surface area contributed by atoms with Gasteiger partial charge in [-0.05, 0) is 38.5 Å². The van der Waals surface area contributed by atoms with Crippen LogP contribution in [0.2, 0.25) is 5.02 Å². The lowest BCUT2D eigenvalue weighted by Crippen LogP contribution is -2.25. The maximum absolute atomic E-state index is 12.6. The van der Waals surface area contributed by atoms with Crippen LogP contribution in [0.1, 0.15) is 33.7 Å². The molecule has 4 nitrogen and oxygen atoms in total. The predicted octanol–water partition coefficient (Wildman–Crippen LogP) is 3.99. The molecular weight excluding hydrogens is 343 g/mol. The third kappa shape index (κ3) is 4.29. The Morgan fingerprint density at radius 1 is 1.33 bits per heavy atom. The summed E-state index contributed by atoms with van der Waals surface area (Å²) in [5.74, 6) is -0.535. The zero-order valence-corrected chi connectivity index (χ0v) is 14.0. The summed E-state index contributed by atoms with van der Waals surface area (Å²) in [6.07, 6.45) is -3.88. The molecule has 0 aliphatic carbocycles. The Labute approximate surface area is 142 Å². The molecule has 0 radical (unpaired) electrons. The summed E-state index contributed by atoms with van der Waals surface area (Å²) in [4.78, 5) is 11.9. The van der Waals surface area contributed by atoms with E-state index in [-0.39, 0.29) is 5.56 Å². The van der Waals surface area contributed by atoms with E-state index in [9.17, 15) is 18.0 Å². The van der Waals surface area contributed by atoms with Crippen molar-refractivity contribution in [1.29, 1.82) is 0 Å². The van der Waals surface area contributed by atoms with Gasteiger partial charge in [0.2, 0.25) is 0 Å². The first kappa shape index (κ1) is 18.3. The molecule has 0 fully saturated rings. The molecule has 130 valence electrons. The van der Waals surface area contributed by atoms with Gasteiger partial charge in [-0.25, -0.2) is 0 Å². The molecule has 0 saturated carbocycles. The van der Waals surface area contributed by atoms with Crippen LogP contribution in [0.3, 0.4) is 0 Å². The van der Waals surface area contributed by atoms with Gasteiger partial charge in [-0.2, -0.15) is 18.3 Å². The second-order valence-corrected chi connectivity index (χ2v) is 5.77. The number of amides is 1. The van der Waals surface area contributed by atoms with Crippen LogP contribution in [-0.4, -0.2) is 22.2 Å². The zero-order valence-electron chi connectivity index (χ0n) is 13.2. The lowest BCUT2D eigenvalue weighted by Gasteiger charge is -2.09. The summed E-state index contributed by atoms with van der Waals surface area (Å²) in [5.41, 5.74) is 0.729. The number of nitrogens with zero attached hydrogens (tertiary/aromatic N) is 2. The zero-order chi connectivity index (χ0) is 17.9. The van der Waals surface area contributed by atoms with E-state index >= 15 is 0 Å². The maximum Gasteiger partial charge on any atom is 0.416 e. The molecule has 8 heteroatoms. The third-order valence-corrected chi connectivity index (χ3v) is 4.12. The van der Waals surface area contributed by atoms with E-state index in [0.29, 0.717) is 24.5 Å². The lowest BCUT2D eigenvalue weighted by molar-refractivity contribution is -0.137. The molecule has 0 aliphatic heterocycles. The molecule has 24 heavy (non-hydrogen) atoms. The Bertz CT molecular complexity index is 741. The minimum atomic E-state index is -4.47. The number of alkyl halides is 3. The fraction of sp³-hybridized carbons (Fsp3) is 0.375. The average Bonchev–Trinajstić information content (AvgIpc) is 2.78. The van der Waals surface area contributed by atoms with E-state index < -0.39 is 17.6 Å². The topological polar surface area (TPSA) is 46.9 Å². The van der Waals surface area contributed by atoms with E-state index in [1.54, 1.807) is 11.6 Å². The molecule has 2 rings (SSSR count). The van der Waals surface area contributed by atoms with Crippen molar-refractivity contribution in [3.63, 3.8) is 0 Å². The number of rotatable bonds is 5. The molecule has 1 aromatic heterocycles. The largest absolute Gasteiger partial charge is 0.416 e. The van der Waals surface area contributed by atoms with E-state index in [2.05, 4.69) is 10.4 Å². The minimum Gasteiger partial charge on any atom is -0.352 e. The summed E-state index contributed by atoms with van der Waals surface area (Å²) in [6.45, 7) is 4.54. The van der Waals surface area contributed by atoms with Crippen molar-refractivity contribution in [3.05, 3.63) is 51.8 Å².